The van der Waals surface area contributed by atoms with Crippen molar-refractivity contribution in [3.63, 3.8) is 0 Å². The van der Waals surface area contributed by atoms with Gasteiger partial charge in [0.2, 0.25) is 0 Å². The molecule has 0 aliphatic carbocycles. The Kier molecular flexibility index (Phi) is 5.27. The van der Waals surface area contributed by atoms with Gasteiger partial charge in [-0.05, 0) is 47.8 Å². The van der Waals surface area contributed by atoms with E-state index in [-0.39, 0.29) is 6.42 Å². The van der Waals surface area contributed by atoms with Crippen molar-refractivity contribution in [2.45, 2.75) is 6.42 Å². The van der Waals surface area contributed by atoms with E-state index < -0.39 is 5.97 Å². The normalized spacial score (nSPS) is 10.2. The number of ether oxygens (including phenoxy) is 2. The van der Waals surface area contributed by atoms with Crippen LogP contribution in [-0.2, 0) is 11.2 Å². The van der Waals surface area contributed by atoms with Crippen LogP contribution in [0.3, 0.4) is 0 Å². The van der Waals surface area contributed by atoms with E-state index in [1.54, 1.807) is 0 Å². The number of halogens is 3. The molecule has 1 aromatic rings. The van der Waals surface area contributed by atoms with Crippen LogP contribution in [-0.4, -0.2) is 25.3 Å². The van der Waals surface area contributed by atoms with E-state index in [0.717, 1.165) is 0 Å². The highest BCUT2D eigenvalue weighted by molar-refractivity contribution is 9.13. The van der Waals surface area contributed by atoms with Crippen LogP contribution in [0.4, 0.5) is 0 Å². The van der Waals surface area contributed by atoms with E-state index in [0.29, 0.717) is 30.5 Å². The molecule has 0 spiro atoms. The minimum absolute atomic E-state index is 0.161. The minimum Gasteiger partial charge on any atom is -0.495 e. The zero-order valence-electron chi connectivity index (χ0n) is 9.01. The summed E-state index contributed by atoms with van der Waals surface area (Å²) >= 11 is 10.0. The second-order valence-electron chi connectivity index (χ2n) is 3.06. The van der Waals surface area contributed by atoms with E-state index in [9.17, 15) is 4.79 Å². The standard InChI is InChI=1S/C10H9Br3O4/c1-16-9-4(3-5(14)15)6(11)10(17-2)8(13)7(9)12/h3H2,1-2H3,(H,14,15). The van der Waals surface area contributed by atoms with Crippen molar-refractivity contribution in [1.29, 1.82) is 0 Å². The number of carboxylic acid groups (broad SMARTS) is 1. The third-order valence-corrected chi connectivity index (χ3v) is 4.95. The zero-order valence-corrected chi connectivity index (χ0v) is 13.8. The van der Waals surface area contributed by atoms with E-state index in [1.807, 2.05) is 0 Å². The van der Waals surface area contributed by atoms with Gasteiger partial charge in [-0.3, -0.25) is 4.79 Å². The van der Waals surface area contributed by atoms with Gasteiger partial charge in [-0.2, -0.15) is 0 Å². The third-order valence-electron chi connectivity index (χ3n) is 2.07. The molecule has 0 amide bonds. The van der Waals surface area contributed by atoms with Gasteiger partial charge in [0, 0.05) is 5.56 Å². The van der Waals surface area contributed by atoms with Gasteiger partial charge in [-0.15, -0.1) is 0 Å². The highest BCUT2D eigenvalue weighted by Gasteiger charge is 2.23. The molecule has 0 bridgehead atoms. The predicted molar refractivity (Wildman–Crippen MR) is 74.0 cm³/mol. The van der Waals surface area contributed by atoms with Gasteiger partial charge in [-0.25, -0.2) is 0 Å². The van der Waals surface area contributed by atoms with Crippen LogP contribution in [0.15, 0.2) is 13.4 Å². The number of hydrogen-bond acceptors (Lipinski definition) is 3. The first-order valence-corrected chi connectivity index (χ1v) is 6.81. The maximum absolute atomic E-state index is 10.8. The van der Waals surface area contributed by atoms with E-state index in [1.165, 1.54) is 14.2 Å². The molecule has 17 heavy (non-hydrogen) atoms. The van der Waals surface area contributed by atoms with Crippen molar-refractivity contribution in [3.05, 3.63) is 19.0 Å². The van der Waals surface area contributed by atoms with Crippen LogP contribution in [0.1, 0.15) is 5.56 Å². The number of carboxylic acids is 1. The molecule has 0 saturated carbocycles. The largest absolute Gasteiger partial charge is 0.495 e. The van der Waals surface area contributed by atoms with Gasteiger partial charge < -0.3 is 14.6 Å². The molecule has 0 aliphatic heterocycles. The molecule has 4 nitrogen and oxygen atoms in total. The Hall–Kier alpha value is -0.270. The lowest BCUT2D eigenvalue weighted by molar-refractivity contribution is -0.136. The van der Waals surface area contributed by atoms with Crippen LogP contribution < -0.4 is 9.47 Å². The smallest absolute Gasteiger partial charge is 0.308 e. The van der Waals surface area contributed by atoms with Crippen LogP contribution in [0.2, 0.25) is 0 Å². The molecule has 7 heteroatoms. The molecule has 0 heterocycles. The number of aliphatic carboxylic acids is 1. The third kappa shape index (κ3) is 2.95. The molecular formula is C10H9Br3O4. The van der Waals surface area contributed by atoms with Gasteiger partial charge in [0.05, 0.1) is 34.1 Å². The Bertz CT molecular complexity index is 460. The molecule has 0 unspecified atom stereocenters. The predicted octanol–water partition coefficient (Wildman–Crippen LogP) is 3.62. The van der Waals surface area contributed by atoms with Crippen molar-refractivity contribution in [2.75, 3.05) is 14.2 Å². The Balaban J connectivity index is 3.54. The molecule has 1 rings (SSSR count). The van der Waals surface area contributed by atoms with Crippen molar-refractivity contribution in [1.82, 2.24) is 0 Å². The topological polar surface area (TPSA) is 55.8 Å². The fourth-order valence-corrected chi connectivity index (χ4v) is 3.43. The summed E-state index contributed by atoms with van der Waals surface area (Å²) in [6, 6.07) is 0. The summed E-state index contributed by atoms with van der Waals surface area (Å²) in [6.07, 6.45) is -0.161. The van der Waals surface area contributed by atoms with Crippen molar-refractivity contribution < 1.29 is 19.4 Å². The number of rotatable bonds is 4. The van der Waals surface area contributed by atoms with E-state index in [2.05, 4.69) is 47.8 Å². The second kappa shape index (κ2) is 6.06. The van der Waals surface area contributed by atoms with Gasteiger partial charge >= 0.3 is 5.97 Å². The van der Waals surface area contributed by atoms with E-state index >= 15 is 0 Å². The maximum atomic E-state index is 10.8. The fraction of sp³-hybridized carbons (Fsp3) is 0.300. The lowest BCUT2D eigenvalue weighted by atomic mass is 10.1. The Morgan fingerprint density at radius 3 is 1.94 bits per heavy atom. The molecule has 0 aliphatic rings. The summed E-state index contributed by atoms with van der Waals surface area (Å²) in [5, 5.41) is 8.89. The van der Waals surface area contributed by atoms with Gasteiger partial charge in [0.15, 0.2) is 0 Å². The minimum atomic E-state index is -0.944. The first-order chi connectivity index (χ1) is 7.93. The van der Waals surface area contributed by atoms with Crippen molar-refractivity contribution in [3.8, 4) is 11.5 Å². The van der Waals surface area contributed by atoms with Crippen molar-refractivity contribution >= 4 is 53.8 Å². The molecule has 0 radical (unpaired) electrons. The Morgan fingerprint density at radius 2 is 1.53 bits per heavy atom. The van der Waals surface area contributed by atoms with Crippen LogP contribution in [0.25, 0.3) is 0 Å². The maximum Gasteiger partial charge on any atom is 0.308 e. The lowest BCUT2D eigenvalue weighted by Gasteiger charge is -2.16. The van der Waals surface area contributed by atoms with E-state index in [4.69, 9.17) is 14.6 Å². The molecule has 0 fully saturated rings. The SMILES string of the molecule is COc1c(Br)c(Br)c(OC)c(CC(=O)O)c1Br. The number of benzene rings is 1. The summed E-state index contributed by atoms with van der Waals surface area (Å²) in [6.45, 7) is 0. The highest BCUT2D eigenvalue weighted by Crippen LogP contribution is 2.47. The first kappa shape index (κ1) is 14.8. The average molecular weight is 433 g/mol. The van der Waals surface area contributed by atoms with Crippen LogP contribution in [0.5, 0.6) is 11.5 Å². The van der Waals surface area contributed by atoms with Crippen molar-refractivity contribution in [2.24, 2.45) is 0 Å². The Morgan fingerprint density at radius 1 is 1.06 bits per heavy atom. The second-order valence-corrected chi connectivity index (χ2v) is 5.44. The molecule has 1 aromatic carbocycles. The quantitative estimate of drug-likeness (QED) is 0.738. The monoisotopic (exact) mass is 430 g/mol. The van der Waals surface area contributed by atoms with Crippen LogP contribution in [0, 0.1) is 0 Å². The summed E-state index contributed by atoms with van der Waals surface area (Å²) in [5.41, 5.74) is 0.520. The molecular weight excluding hydrogens is 424 g/mol. The molecule has 94 valence electrons. The average Bonchev–Trinajstić information content (AvgIpc) is 2.27. The summed E-state index contributed by atoms with van der Waals surface area (Å²) in [4.78, 5) is 10.8. The molecule has 0 saturated heterocycles. The molecule has 0 aromatic heterocycles. The van der Waals surface area contributed by atoms with Gasteiger partial charge in [0.1, 0.15) is 11.5 Å². The molecule has 1 N–H and O–H groups in total. The summed E-state index contributed by atoms with van der Waals surface area (Å²) < 4.78 is 12.3. The first-order valence-electron chi connectivity index (χ1n) is 4.43. The highest BCUT2D eigenvalue weighted by atomic mass is 79.9. The number of hydrogen-bond donors (Lipinski definition) is 1. The zero-order chi connectivity index (χ0) is 13.2. The summed E-state index contributed by atoms with van der Waals surface area (Å²) in [5.74, 6) is 0.0427. The fourth-order valence-electron chi connectivity index (χ4n) is 1.37. The lowest BCUT2D eigenvalue weighted by Crippen LogP contribution is -2.05. The molecule has 0 atom stereocenters. The van der Waals surface area contributed by atoms with Gasteiger partial charge in [0.25, 0.3) is 0 Å². The Labute approximate surface area is 124 Å². The van der Waals surface area contributed by atoms with Crippen LogP contribution >= 0.6 is 47.8 Å². The van der Waals surface area contributed by atoms with Gasteiger partial charge in [-0.1, -0.05) is 0 Å². The summed E-state index contributed by atoms with van der Waals surface area (Å²) in [7, 11) is 2.99. The number of carbonyl (C=O) groups is 1. The number of methoxy groups -OCH3 is 2.